The van der Waals surface area contributed by atoms with Gasteiger partial charge in [0.25, 0.3) is 0 Å². The van der Waals surface area contributed by atoms with Gasteiger partial charge in [0.05, 0.1) is 17.1 Å². The minimum absolute atomic E-state index is 0.163. The van der Waals surface area contributed by atoms with Crippen LogP contribution in [0.2, 0.25) is 5.02 Å². The summed E-state index contributed by atoms with van der Waals surface area (Å²) >= 11 is 4.70. The molecule has 34 heavy (non-hydrogen) atoms. The second kappa shape index (κ2) is 8.49. The molecule has 12 heteroatoms. The minimum Gasteiger partial charge on any atom is -0.588 e. The molecule has 0 amide bonds. The van der Waals surface area contributed by atoms with Crippen LogP contribution in [0.1, 0.15) is 11.1 Å². The van der Waals surface area contributed by atoms with Crippen molar-refractivity contribution >= 4 is 28.8 Å². The normalized spacial score (nSPS) is 14.3. The third kappa shape index (κ3) is 4.17. The zero-order chi connectivity index (χ0) is 24.0. The molecule has 0 radical (unpaired) electrons. The standard InChI is InChI=1S/C22H14ClF3N4O3S/c23-18-10-16(5-6-17(18)19-28-21(31)33-29-19)34(32)30-8-7-13-9-14(11-27-20(13)30)12-1-3-15(4-2-12)22(24,25)26/h1-6,9-11H,7-8H2,(H,28,29,31). The highest BCUT2D eigenvalue weighted by Gasteiger charge is 2.33. The number of nitrogens with one attached hydrogen (secondary N) is 1. The lowest BCUT2D eigenvalue weighted by Gasteiger charge is -2.21. The highest BCUT2D eigenvalue weighted by atomic mass is 35.5. The topological polar surface area (TPSA) is 98.1 Å². The Hall–Kier alpha value is -3.28. The fraction of sp³-hybridized carbons (Fsp3) is 0.136. The van der Waals surface area contributed by atoms with E-state index in [-0.39, 0.29) is 10.8 Å². The summed E-state index contributed by atoms with van der Waals surface area (Å²) in [5.74, 6) is -0.0135. The molecule has 2 aromatic carbocycles. The van der Waals surface area contributed by atoms with Crippen molar-refractivity contribution < 1.29 is 22.2 Å². The summed E-state index contributed by atoms with van der Waals surface area (Å²) in [5, 5.41) is 3.84. The monoisotopic (exact) mass is 506 g/mol. The number of alkyl halides is 3. The van der Waals surface area contributed by atoms with Gasteiger partial charge in [0.1, 0.15) is 11.4 Å². The maximum atomic E-state index is 13.2. The van der Waals surface area contributed by atoms with E-state index in [9.17, 15) is 22.5 Å². The van der Waals surface area contributed by atoms with Gasteiger partial charge >= 0.3 is 11.9 Å². The second-order valence-corrected chi connectivity index (χ2v) is 9.29. The molecule has 2 aromatic heterocycles. The van der Waals surface area contributed by atoms with Gasteiger partial charge in [-0.1, -0.05) is 28.9 Å². The van der Waals surface area contributed by atoms with Crippen molar-refractivity contribution in [2.24, 2.45) is 0 Å². The molecule has 3 heterocycles. The number of rotatable bonds is 4. The average molecular weight is 507 g/mol. The van der Waals surface area contributed by atoms with E-state index >= 15 is 0 Å². The Labute approximate surface area is 198 Å². The molecule has 1 atom stereocenters. The largest absolute Gasteiger partial charge is 0.588 e. The first-order valence-electron chi connectivity index (χ1n) is 9.92. The molecule has 0 bridgehead atoms. The molecular formula is C22H14ClF3N4O3S. The highest BCUT2D eigenvalue weighted by Crippen LogP contribution is 2.36. The van der Waals surface area contributed by atoms with Crippen LogP contribution in [-0.4, -0.2) is 26.2 Å². The number of pyridine rings is 1. The molecule has 5 rings (SSSR count). The number of aromatic amines is 1. The molecule has 7 nitrogen and oxygen atoms in total. The fourth-order valence-corrected chi connectivity index (χ4v) is 5.25. The van der Waals surface area contributed by atoms with E-state index in [0.29, 0.717) is 40.4 Å². The van der Waals surface area contributed by atoms with E-state index in [0.717, 1.165) is 17.7 Å². The molecule has 1 aliphatic rings. The molecule has 174 valence electrons. The summed E-state index contributed by atoms with van der Waals surface area (Å²) in [5.41, 5.74) is 1.83. The van der Waals surface area contributed by atoms with Crippen molar-refractivity contribution in [3.05, 3.63) is 81.4 Å². The molecule has 0 fully saturated rings. The van der Waals surface area contributed by atoms with E-state index in [2.05, 4.69) is 19.6 Å². The number of nitrogens with zero attached hydrogens (tertiary/aromatic N) is 3. The summed E-state index contributed by atoms with van der Waals surface area (Å²) in [6.45, 7) is 0.446. The molecule has 1 aliphatic heterocycles. The van der Waals surface area contributed by atoms with Gasteiger partial charge in [-0.25, -0.2) is 9.78 Å². The van der Waals surface area contributed by atoms with Crippen molar-refractivity contribution in [2.75, 3.05) is 10.8 Å². The van der Waals surface area contributed by atoms with E-state index < -0.39 is 28.9 Å². The first-order chi connectivity index (χ1) is 16.2. The third-order valence-corrected chi connectivity index (χ3v) is 7.07. The number of H-pyrrole nitrogens is 1. The number of hydrogen-bond acceptors (Lipinski definition) is 6. The second-order valence-electron chi connectivity index (χ2n) is 7.47. The third-order valence-electron chi connectivity index (χ3n) is 5.35. The predicted molar refractivity (Wildman–Crippen MR) is 120 cm³/mol. The quantitative estimate of drug-likeness (QED) is 0.397. The van der Waals surface area contributed by atoms with E-state index in [1.165, 1.54) is 18.2 Å². The molecule has 1 N–H and O–H groups in total. The van der Waals surface area contributed by atoms with Crippen LogP contribution in [0, 0.1) is 0 Å². The maximum absolute atomic E-state index is 13.2. The lowest BCUT2D eigenvalue weighted by molar-refractivity contribution is -0.137. The van der Waals surface area contributed by atoms with Gasteiger partial charge in [0.2, 0.25) is 0 Å². The van der Waals surface area contributed by atoms with Crippen LogP contribution >= 0.6 is 11.6 Å². The summed E-state index contributed by atoms with van der Waals surface area (Å²) < 4.78 is 57.8. The number of fused-ring (bicyclic) bond motifs is 1. The summed E-state index contributed by atoms with van der Waals surface area (Å²) in [6.07, 6.45) is -2.27. The molecule has 1 unspecified atom stereocenters. The Bertz CT molecular complexity index is 1420. The van der Waals surface area contributed by atoms with Crippen molar-refractivity contribution in [3.8, 4) is 22.5 Å². The lowest BCUT2D eigenvalue weighted by atomic mass is 10.0. The van der Waals surface area contributed by atoms with Crippen molar-refractivity contribution in [1.82, 2.24) is 15.1 Å². The number of aromatic nitrogens is 3. The van der Waals surface area contributed by atoms with E-state index in [1.54, 1.807) is 22.6 Å². The number of benzene rings is 2. The fourth-order valence-electron chi connectivity index (χ4n) is 3.68. The maximum Gasteiger partial charge on any atom is 0.439 e. The van der Waals surface area contributed by atoms with Crippen molar-refractivity contribution in [1.29, 1.82) is 0 Å². The van der Waals surface area contributed by atoms with Gasteiger partial charge in [-0.15, -0.1) is 0 Å². The Balaban J connectivity index is 1.38. The smallest absolute Gasteiger partial charge is 0.439 e. The Kier molecular flexibility index (Phi) is 5.62. The van der Waals surface area contributed by atoms with Crippen LogP contribution in [0.3, 0.4) is 0 Å². The molecule has 0 spiro atoms. The number of anilines is 1. The van der Waals surface area contributed by atoms with Gasteiger partial charge in [0.15, 0.2) is 16.5 Å². The summed E-state index contributed by atoms with van der Waals surface area (Å²) in [4.78, 5) is 18.5. The van der Waals surface area contributed by atoms with Crippen LogP contribution in [0.4, 0.5) is 19.0 Å². The predicted octanol–water partition coefficient (Wildman–Crippen LogP) is 4.85. The van der Waals surface area contributed by atoms with Gasteiger partial charge in [-0.05, 0) is 42.3 Å². The number of halogens is 4. The van der Waals surface area contributed by atoms with Crippen LogP contribution in [0.5, 0.6) is 0 Å². The van der Waals surface area contributed by atoms with Crippen molar-refractivity contribution in [3.63, 3.8) is 0 Å². The minimum atomic E-state index is -4.40. The summed E-state index contributed by atoms with van der Waals surface area (Å²) in [6, 6.07) is 11.4. The average Bonchev–Trinajstić information content (AvgIpc) is 3.43. The SMILES string of the molecule is O=c1[nH]c(-c2ccc([S+]([O-])N3CCc4cc(-c5ccc(C(F)(F)F)cc5)cnc43)cc2Cl)no1. The van der Waals surface area contributed by atoms with Crippen LogP contribution in [0.15, 0.2) is 68.9 Å². The highest BCUT2D eigenvalue weighted by molar-refractivity contribution is 7.92. The van der Waals surface area contributed by atoms with Gasteiger partial charge in [0, 0.05) is 29.0 Å². The van der Waals surface area contributed by atoms with Crippen LogP contribution in [0.25, 0.3) is 22.5 Å². The molecule has 4 aromatic rings. The van der Waals surface area contributed by atoms with E-state index in [4.69, 9.17) is 11.6 Å². The Morgan fingerprint density at radius 3 is 2.53 bits per heavy atom. The van der Waals surface area contributed by atoms with E-state index in [1.807, 2.05) is 6.07 Å². The van der Waals surface area contributed by atoms with Crippen LogP contribution in [-0.2, 0) is 24.0 Å². The zero-order valence-corrected chi connectivity index (χ0v) is 18.7. The van der Waals surface area contributed by atoms with Gasteiger partial charge in [-0.3, -0.25) is 9.51 Å². The van der Waals surface area contributed by atoms with Gasteiger partial charge < -0.3 is 4.55 Å². The first kappa shape index (κ1) is 22.5. The van der Waals surface area contributed by atoms with Crippen LogP contribution < -0.4 is 10.1 Å². The lowest BCUT2D eigenvalue weighted by Crippen LogP contribution is -2.29. The Morgan fingerprint density at radius 2 is 1.88 bits per heavy atom. The summed E-state index contributed by atoms with van der Waals surface area (Å²) in [7, 11) is 0. The molecule has 0 saturated carbocycles. The van der Waals surface area contributed by atoms with Gasteiger partial charge in [-0.2, -0.15) is 17.5 Å². The Morgan fingerprint density at radius 1 is 1.12 bits per heavy atom. The molecule has 0 saturated heterocycles. The zero-order valence-electron chi connectivity index (χ0n) is 17.1. The first-order valence-corrected chi connectivity index (χ1v) is 11.4. The molecule has 0 aliphatic carbocycles. The van der Waals surface area contributed by atoms with Crippen molar-refractivity contribution in [2.45, 2.75) is 17.5 Å². The number of hydrogen-bond donors (Lipinski definition) is 1. The molecular weight excluding hydrogens is 493 g/mol.